The lowest BCUT2D eigenvalue weighted by atomic mass is 9.92. The third-order valence-corrected chi connectivity index (χ3v) is 4.11. The SMILES string of the molecule is O=COCC(COC(=O)n1ccnc1)(COC(=O)n1ccnc1)COC(=O)n1ccnc1. The fourth-order valence-corrected chi connectivity index (χ4v) is 2.43. The molecule has 14 nitrogen and oxygen atoms in total. The molecule has 0 radical (unpaired) electrons. The van der Waals surface area contributed by atoms with Crippen LogP contribution in [0, 0.1) is 5.41 Å². The number of carbonyl (C=O) groups is 4. The first-order chi connectivity index (χ1) is 15.5. The Bertz CT molecular complexity index is 894. The van der Waals surface area contributed by atoms with Gasteiger partial charge in [-0.2, -0.15) is 0 Å². The highest BCUT2D eigenvalue weighted by Gasteiger charge is 2.38. The van der Waals surface area contributed by atoms with Crippen molar-refractivity contribution in [2.24, 2.45) is 5.41 Å². The molecule has 168 valence electrons. The van der Waals surface area contributed by atoms with Crippen molar-refractivity contribution in [3.05, 3.63) is 56.2 Å². The van der Waals surface area contributed by atoms with Crippen molar-refractivity contribution in [2.75, 3.05) is 26.4 Å². The molecular formula is C18H18N6O8. The Morgan fingerprint density at radius 1 is 0.688 bits per heavy atom. The maximum absolute atomic E-state index is 12.2. The number of nitrogens with zero attached hydrogens (tertiary/aromatic N) is 6. The molecule has 3 aromatic heterocycles. The topological polar surface area (TPSA) is 159 Å². The van der Waals surface area contributed by atoms with Crippen molar-refractivity contribution in [3.8, 4) is 0 Å². The van der Waals surface area contributed by atoms with Crippen molar-refractivity contribution in [1.82, 2.24) is 28.7 Å². The van der Waals surface area contributed by atoms with E-state index in [-0.39, 0.29) is 13.1 Å². The maximum atomic E-state index is 12.2. The van der Waals surface area contributed by atoms with E-state index in [0.717, 1.165) is 13.7 Å². The molecule has 0 spiro atoms. The zero-order valence-corrected chi connectivity index (χ0v) is 16.6. The standard InChI is InChI=1S/C18H18N6O8/c25-14-29-7-18(8-30-15(26)22-4-1-19-11-22,9-31-16(27)23-5-2-20-12-23)10-32-17(28)24-6-3-21-13-24/h1-6,11-14H,7-10H2. The highest BCUT2D eigenvalue weighted by atomic mass is 16.6. The van der Waals surface area contributed by atoms with Gasteiger partial charge in [0.25, 0.3) is 6.47 Å². The lowest BCUT2D eigenvalue weighted by Gasteiger charge is -2.30. The Kier molecular flexibility index (Phi) is 7.29. The average Bonchev–Trinajstić information content (AvgIpc) is 3.60. The summed E-state index contributed by atoms with van der Waals surface area (Å²) in [7, 11) is 0. The van der Waals surface area contributed by atoms with E-state index in [2.05, 4.69) is 15.0 Å². The first-order valence-electron chi connectivity index (χ1n) is 9.03. The number of carbonyl (C=O) groups excluding carboxylic acids is 4. The van der Waals surface area contributed by atoms with Crippen LogP contribution >= 0.6 is 0 Å². The zero-order valence-electron chi connectivity index (χ0n) is 16.6. The second-order valence-corrected chi connectivity index (χ2v) is 6.48. The minimum atomic E-state index is -1.41. The summed E-state index contributed by atoms with van der Waals surface area (Å²) in [4.78, 5) is 58.8. The molecule has 0 N–H and O–H groups in total. The van der Waals surface area contributed by atoms with Gasteiger partial charge in [0, 0.05) is 37.2 Å². The predicted octanol–water partition coefficient (Wildman–Crippen LogP) is 0.790. The quantitative estimate of drug-likeness (QED) is 0.338. The van der Waals surface area contributed by atoms with Crippen LogP contribution in [0.5, 0.6) is 0 Å². The number of aromatic nitrogens is 6. The van der Waals surface area contributed by atoms with Crippen molar-refractivity contribution in [2.45, 2.75) is 0 Å². The van der Waals surface area contributed by atoms with Crippen LogP contribution in [0.15, 0.2) is 56.2 Å². The van der Waals surface area contributed by atoms with E-state index in [0.29, 0.717) is 0 Å². The van der Waals surface area contributed by atoms with Gasteiger partial charge in [-0.1, -0.05) is 0 Å². The fourth-order valence-electron chi connectivity index (χ4n) is 2.43. The minimum Gasteiger partial charge on any atom is -0.467 e. The number of rotatable bonds is 9. The van der Waals surface area contributed by atoms with Gasteiger partial charge in [-0.25, -0.2) is 43.0 Å². The van der Waals surface area contributed by atoms with E-state index < -0.39 is 43.5 Å². The molecule has 0 fully saturated rings. The van der Waals surface area contributed by atoms with E-state index in [1.54, 1.807) is 0 Å². The van der Waals surface area contributed by atoms with Crippen LogP contribution in [0.25, 0.3) is 0 Å². The van der Waals surface area contributed by atoms with Crippen molar-refractivity contribution in [3.63, 3.8) is 0 Å². The molecule has 0 bridgehead atoms. The molecule has 0 aliphatic heterocycles. The third kappa shape index (κ3) is 5.78. The van der Waals surface area contributed by atoms with Gasteiger partial charge in [0.2, 0.25) is 0 Å². The van der Waals surface area contributed by atoms with Gasteiger partial charge < -0.3 is 18.9 Å². The predicted molar refractivity (Wildman–Crippen MR) is 101 cm³/mol. The summed E-state index contributed by atoms with van der Waals surface area (Å²) in [6, 6.07) is 0. The highest BCUT2D eigenvalue weighted by molar-refractivity contribution is 5.71. The number of hydrogen-bond acceptors (Lipinski definition) is 11. The van der Waals surface area contributed by atoms with E-state index in [9.17, 15) is 19.2 Å². The van der Waals surface area contributed by atoms with E-state index in [4.69, 9.17) is 18.9 Å². The Morgan fingerprint density at radius 2 is 1.06 bits per heavy atom. The Balaban J connectivity index is 1.74. The average molecular weight is 446 g/mol. The molecule has 0 saturated carbocycles. The summed E-state index contributed by atoms with van der Waals surface area (Å²) in [5.41, 5.74) is -1.41. The van der Waals surface area contributed by atoms with Gasteiger partial charge in [0.15, 0.2) is 0 Å². The number of hydrogen-bond donors (Lipinski definition) is 0. The summed E-state index contributed by atoms with van der Waals surface area (Å²) in [6.07, 6.45) is 9.54. The van der Waals surface area contributed by atoms with Crippen LogP contribution < -0.4 is 0 Å². The van der Waals surface area contributed by atoms with Gasteiger partial charge in [0.05, 0.1) is 0 Å². The van der Waals surface area contributed by atoms with Crippen LogP contribution in [0.4, 0.5) is 14.4 Å². The van der Waals surface area contributed by atoms with Crippen LogP contribution in [-0.4, -0.2) is 79.8 Å². The molecule has 0 unspecified atom stereocenters. The summed E-state index contributed by atoms with van der Waals surface area (Å²) < 4.78 is 23.9. The molecule has 0 aromatic carbocycles. The largest absolute Gasteiger partial charge is 0.467 e. The van der Waals surface area contributed by atoms with Gasteiger partial charge in [-0.15, -0.1) is 0 Å². The van der Waals surface area contributed by atoms with Crippen LogP contribution in [0.3, 0.4) is 0 Å². The summed E-state index contributed by atoms with van der Waals surface area (Å²) in [5.74, 6) is 0. The maximum Gasteiger partial charge on any atom is 0.419 e. The second-order valence-electron chi connectivity index (χ2n) is 6.48. The monoisotopic (exact) mass is 446 g/mol. The fraction of sp³-hybridized carbons (Fsp3) is 0.278. The molecule has 3 heterocycles. The smallest absolute Gasteiger partial charge is 0.419 e. The van der Waals surface area contributed by atoms with Crippen LogP contribution in [-0.2, 0) is 23.7 Å². The summed E-state index contributed by atoms with van der Waals surface area (Å²) >= 11 is 0. The van der Waals surface area contributed by atoms with Gasteiger partial charge >= 0.3 is 18.3 Å². The Labute approximate surface area is 180 Å². The Hall–Kier alpha value is -4.49. The van der Waals surface area contributed by atoms with E-state index in [1.807, 2.05) is 0 Å². The van der Waals surface area contributed by atoms with Crippen molar-refractivity contribution >= 4 is 24.8 Å². The third-order valence-electron chi connectivity index (χ3n) is 4.11. The van der Waals surface area contributed by atoms with Crippen molar-refractivity contribution in [1.29, 1.82) is 0 Å². The molecule has 0 amide bonds. The summed E-state index contributed by atoms with van der Waals surface area (Å²) in [6.45, 7) is -1.49. The first-order valence-corrected chi connectivity index (χ1v) is 9.03. The molecule has 3 aromatic rings. The molecule has 14 heteroatoms. The van der Waals surface area contributed by atoms with Gasteiger partial charge in [-0.3, -0.25) is 4.79 Å². The first kappa shape index (κ1) is 22.2. The lowest BCUT2D eigenvalue weighted by Crippen LogP contribution is -2.44. The molecule has 32 heavy (non-hydrogen) atoms. The Morgan fingerprint density at radius 3 is 1.34 bits per heavy atom. The lowest BCUT2D eigenvalue weighted by molar-refractivity contribution is -0.136. The van der Waals surface area contributed by atoms with Crippen molar-refractivity contribution < 1.29 is 38.1 Å². The summed E-state index contributed by atoms with van der Waals surface area (Å²) in [5, 5.41) is 0. The van der Waals surface area contributed by atoms with E-state index in [1.165, 1.54) is 56.2 Å². The van der Waals surface area contributed by atoms with Crippen LogP contribution in [0.2, 0.25) is 0 Å². The molecule has 0 aliphatic carbocycles. The molecule has 0 atom stereocenters. The zero-order chi connectivity index (χ0) is 22.8. The number of imidazole rings is 3. The van der Waals surface area contributed by atoms with E-state index >= 15 is 0 Å². The molecule has 3 rings (SSSR count). The van der Waals surface area contributed by atoms with Gasteiger partial charge in [0.1, 0.15) is 50.8 Å². The normalized spacial score (nSPS) is 10.9. The molecular weight excluding hydrogens is 428 g/mol. The highest BCUT2D eigenvalue weighted by Crippen LogP contribution is 2.22. The molecule has 0 aliphatic rings. The molecule has 0 saturated heterocycles. The minimum absolute atomic E-state index is 0.168. The van der Waals surface area contributed by atoms with Crippen LogP contribution in [0.1, 0.15) is 0 Å². The van der Waals surface area contributed by atoms with Gasteiger partial charge in [-0.05, 0) is 0 Å². The second kappa shape index (κ2) is 10.5. The number of ether oxygens (including phenoxy) is 4.